The van der Waals surface area contributed by atoms with E-state index in [4.69, 9.17) is 5.73 Å². The first-order chi connectivity index (χ1) is 9.34. The highest BCUT2D eigenvalue weighted by atomic mass is 15.2. The van der Waals surface area contributed by atoms with Gasteiger partial charge in [0.2, 0.25) is 0 Å². The second-order valence-electron chi connectivity index (χ2n) is 8.02. The minimum Gasteiger partial charge on any atom is -0.329 e. The Morgan fingerprint density at radius 3 is 2.25 bits per heavy atom. The van der Waals surface area contributed by atoms with Gasteiger partial charge in [0.05, 0.1) is 0 Å². The Bertz CT molecular complexity index is 265. The molecule has 0 aromatic carbocycles. The molecule has 0 radical (unpaired) electrons. The summed E-state index contributed by atoms with van der Waals surface area (Å²) in [7, 11) is 2.32. The van der Waals surface area contributed by atoms with Crippen LogP contribution in [0.25, 0.3) is 0 Å². The van der Waals surface area contributed by atoms with Gasteiger partial charge >= 0.3 is 0 Å². The first-order valence-electron chi connectivity index (χ1n) is 8.78. The highest BCUT2D eigenvalue weighted by Crippen LogP contribution is 2.38. The van der Waals surface area contributed by atoms with Crippen LogP contribution in [0.15, 0.2) is 0 Å². The van der Waals surface area contributed by atoms with Crippen LogP contribution in [0.2, 0.25) is 0 Å². The lowest BCUT2D eigenvalue weighted by Crippen LogP contribution is -2.55. The summed E-state index contributed by atoms with van der Waals surface area (Å²) in [6, 6.07) is 0.739. The molecule has 20 heavy (non-hydrogen) atoms. The van der Waals surface area contributed by atoms with E-state index in [-0.39, 0.29) is 5.54 Å². The third-order valence-corrected chi connectivity index (χ3v) is 5.72. The molecule has 2 heteroatoms. The third kappa shape index (κ3) is 5.04. The molecule has 0 aliphatic heterocycles. The molecule has 1 atom stereocenters. The third-order valence-electron chi connectivity index (χ3n) is 5.72. The first-order valence-corrected chi connectivity index (χ1v) is 8.78. The summed E-state index contributed by atoms with van der Waals surface area (Å²) in [6.45, 7) is 10.3. The lowest BCUT2D eigenvalue weighted by Gasteiger charge is -2.47. The summed E-state index contributed by atoms with van der Waals surface area (Å²) in [4.78, 5) is 2.62. The zero-order valence-electron chi connectivity index (χ0n) is 14.7. The second kappa shape index (κ2) is 7.79. The van der Waals surface area contributed by atoms with Crippen molar-refractivity contribution in [3.63, 3.8) is 0 Å². The van der Waals surface area contributed by atoms with Crippen LogP contribution in [-0.2, 0) is 0 Å². The standard InChI is InChI=1S/C18H38N2/c1-6-7-8-9-12-18(4,15-19)20(5)16-10-13-17(2,3)14-11-16/h16H,6-15,19H2,1-5H3. The Kier molecular flexibility index (Phi) is 7.00. The van der Waals surface area contributed by atoms with Crippen molar-refractivity contribution in [3.05, 3.63) is 0 Å². The lowest BCUT2D eigenvalue weighted by molar-refractivity contribution is 0.0399. The van der Waals surface area contributed by atoms with E-state index in [1.54, 1.807) is 0 Å². The Hall–Kier alpha value is -0.0800. The minimum absolute atomic E-state index is 0.194. The van der Waals surface area contributed by atoms with Gasteiger partial charge in [-0.15, -0.1) is 0 Å². The van der Waals surface area contributed by atoms with Gasteiger partial charge in [0, 0.05) is 18.1 Å². The smallest absolute Gasteiger partial charge is 0.0303 e. The minimum atomic E-state index is 0.194. The molecular weight excluding hydrogens is 244 g/mol. The SMILES string of the molecule is CCCCCCC(C)(CN)N(C)C1CCC(C)(C)CC1. The van der Waals surface area contributed by atoms with Gasteiger partial charge in [0.1, 0.15) is 0 Å². The molecule has 2 N–H and O–H groups in total. The molecule has 0 heterocycles. The second-order valence-corrected chi connectivity index (χ2v) is 8.02. The van der Waals surface area contributed by atoms with Crippen LogP contribution in [0.1, 0.15) is 85.5 Å². The predicted molar refractivity (Wildman–Crippen MR) is 90.0 cm³/mol. The molecule has 1 saturated carbocycles. The molecule has 0 saturated heterocycles. The number of nitrogens with zero attached hydrogens (tertiary/aromatic N) is 1. The van der Waals surface area contributed by atoms with Gasteiger partial charge in [0.25, 0.3) is 0 Å². The van der Waals surface area contributed by atoms with Crippen LogP contribution in [-0.4, -0.2) is 30.1 Å². The summed E-state index contributed by atoms with van der Waals surface area (Å²) in [5.74, 6) is 0. The molecule has 0 aromatic heterocycles. The summed E-state index contributed by atoms with van der Waals surface area (Å²) >= 11 is 0. The number of nitrogens with two attached hydrogens (primary N) is 1. The summed E-state index contributed by atoms with van der Waals surface area (Å²) in [6.07, 6.45) is 12.0. The van der Waals surface area contributed by atoms with E-state index in [0.29, 0.717) is 5.41 Å². The molecule has 0 amide bonds. The van der Waals surface area contributed by atoms with Gasteiger partial charge in [-0.25, -0.2) is 0 Å². The van der Waals surface area contributed by atoms with E-state index < -0.39 is 0 Å². The Labute approximate surface area is 127 Å². The molecule has 1 aliphatic carbocycles. The summed E-state index contributed by atoms with van der Waals surface area (Å²) in [5, 5.41) is 0. The normalized spacial score (nSPS) is 22.9. The van der Waals surface area contributed by atoms with Gasteiger partial charge in [0.15, 0.2) is 0 Å². The van der Waals surface area contributed by atoms with Crippen molar-refractivity contribution in [1.29, 1.82) is 0 Å². The maximum atomic E-state index is 6.14. The molecular formula is C18H38N2. The fraction of sp³-hybridized carbons (Fsp3) is 1.00. The van der Waals surface area contributed by atoms with E-state index in [9.17, 15) is 0 Å². The van der Waals surface area contributed by atoms with Gasteiger partial charge in [-0.1, -0.05) is 46.5 Å². The average Bonchev–Trinajstić information content (AvgIpc) is 2.42. The van der Waals surface area contributed by atoms with Crippen LogP contribution in [0.5, 0.6) is 0 Å². The van der Waals surface area contributed by atoms with Crippen molar-refractivity contribution in [2.45, 2.75) is 97.1 Å². The Morgan fingerprint density at radius 2 is 1.75 bits per heavy atom. The molecule has 120 valence electrons. The highest BCUT2D eigenvalue weighted by Gasteiger charge is 2.36. The number of likely N-dealkylation sites (N-methyl/N-ethyl adjacent to an activating group) is 1. The van der Waals surface area contributed by atoms with Crippen LogP contribution in [0.3, 0.4) is 0 Å². The Balaban J connectivity index is 2.50. The van der Waals surface area contributed by atoms with E-state index in [2.05, 4.69) is 39.6 Å². The topological polar surface area (TPSA) is 29.3 Å². The van der Waals surface area contributed by atoms with Gasteiger partial charge in [-0.2, -0.15) is 0 Å². The lowest BCUT2D eigenvalue weighted by atomic mass is 9.74. The van der Waals surface area contributed by atoms with Crippen molar-refractivity contribution in [3.8, 4) is 0 Å². The first kappa shape index (κ1) is 18.0. The van der Waals surface area contributed by atoms with Crippen LogP contribution < -0.4 is 5.73 Å². The monoisotopic (exact) mass is 282 g/mol. The number of rotatable bonds is 8. The fourth-order valence-corrected chi connectivity index (χ4v) is 3.57. The molecule has 2 nitrogen and oxygen atoms in total. The number of hydrogen-bond acceptors (Lipinski definition) is 2. The zero-order chi connectivity index (χ0) is 15.2. The van der Waals surface area contributed by atoms with Crippen molar-refractivity contribution >= 4 is 0 Å². The maximum absolute atomic E-state index is 6.14. The maximum Gasteiger partial charge on any atom is 0.0303 e. The van der Waals surface area contributed by atoms with E-state index >= 15 is 0 Å². The van der Waals surface area contributed by atoms with E-state index in [1.165, 1.54) is 57.8 Å². The van der Waals surface area contributed by atoms with Gasteiger partial charge in [-0.05, 0) is 51.5 Å². The molecule has 1 rings (SSSR count). The zero-order valence-corrected chi connectivity index (χ0v) is 14.7. The van der Waals surface area contributed by atoms with Crippen LogP contribution >= 0.6 is 0 Å². The van der Waals surface area contributed by atoms with Gasteiger partial charge < -0.3 is 5.73 Å². The summed E-state index contributed by atoms with van der Waals surface area (Å²) in [5.41, 5.74) is 6.89. The van der Waals surface area contributed by atoms with Crippen molar-refractivity contribution in [2.75, 3.05) is 13.6 Å². The molecule has 0 aromatic rings. The average molecular weight is 283 g/mol. The van der Waals surface area contributed by atoms with Crippen LogP contribution in [0.4, 0.5) is 0 Å². The molecule has 0 spiro atoms. The number of unbranched alkanes of at least 4 members (excludes halogenated alkanes) is 3. The Morgan fingerprint density at radius 1 is 1.15 bits per heavy atom. The molecule has 1 fully saturated rings. The van der Waals surface area contributed by atoms with Crippen molar-refractivity contribution in [1.82, 2.24) is 4.90 Å². The molecule has 1 aliphatic rings. The highest BCUT2D eigenvalue weighted by molar-refractivity contribution is 4.92. The van der Waals surface area contributed by atoms with Crippen molar-refractivity contribution < 1.29 is 0 Å². The van der Waals surface area contributed by atoms with E-state index in [1.807, 2.05) is 0 Å². The predicted octanol–water partition coefficient (Wildman–Crippen LogP) is 4.57. The fourth-order valence-electron chi connectivity index (χ4n) is 3.57. The summed E-state index contributed by atoms with van der Waals surface area (Å²) < 4.78 is 0. The van der Waals surface area contributed by atoms with Crippen molar-refractivity contribution in [2.24, 2.45) is 11.1 Å². The molecule has 0 bridgehead atoms. The largest absolute Gasteiger partial charge is 0.329 e. The number of hydrogen-bond donors (Lipinski definition) is 1. The quantitative estimate of drug-likeness (QED) is 0.661. The molecule has 1 unspecified atom stereocenters. The van der Waals surface area contributed by atoms with Gasteiger partial charge in [-0.3, -0.25) is 4.90 Å². The van der Waals surface area contributed by atoms with Crippen LogP contribution in [0, 0.1) is 5.41 Å². The van der Waals surface area contributed by atoms with E-state index in [0.717, 1.165) is 12.6 Å².